The molecule has 0 unspecified atom stereocenters. The van der Waals surface area contributed by atoms with Crippen molar-refractivity contribution in [2.45, 2.75) is 56.6 Å². The van der Waals surface area contributed by atoms with E-state index in [1.165, 1.54) is 45.2 Å². The van der Waals surface area contributed by atoms with E-state index in [9.17, 15) is 13.2 Å². The van der Waals surface area contributed by atoms with Gasteiger partial charge in [-0.1, -0.05) is 32.1 Å². The van der Waals surface area contributed by atoms with Crippen molar-refractivity contribution in [3.8, 4) is 0 Å². The van der Waals surface area contributed by atoms with Crippen molar-refractivity contribution < 1.29 is 17.6 Å². The van der Waals surface area contributed by atoms with E-state index in [-0.39, 0.29) is 17.0 Å². The highest BCUT2D eigenvalue weighted by molar-refractivity contribution is 7.89. The molecule has 3 rings (SSSR count). The van der Waals surface area contributed by atoms with Gasteiger partial charge in [-0.2, -0.15) is 0 Å². The minimum Gasteiger partial charge on any atom is -0.448 e. The summed E-state index contributed by atoms with van der Waals surface area (Å²) >= 11 is 0. The summed E-state index contributed by atoms with van der Waals surface area (Å²) in [5.74, 6) is 1.41. The van der Waals surface area contributed by atoms with E-state index >= 15 is 0 Å². The highest BCUT2D eigenvalue weighted by atomic mass is 32.2. The van der Waals surface area contributed by atoms with Crippen molar-refractivity contribution in [1.82, 2.24) is 10.0 Å². The van der Waals surface area contributed by atoms with Gasteiger partial charge >= 0.3 is 0 Å². The van der Waals surface area contributed by atoms with Gasteiger partial charge in [-0.15, -0.1) is 0 Å². The first kappa shape index (κ1) is 16.5. The third-order valence-corrected chi connectivity index (χ3v) is 6.35. The second-order valence-electron chi connectivity index (χ2n) is 6.62. The number of nitrogens with one attached hydrogen (secondary N) is 2. The average molecular weight is 340 g/mol. The molecular formula is C16H24N2O4S. The molecular weight excluding hydrogens is 316 g/mol. The minimum absolute atomic E-state index is 0.220. The molecule has 0 radical (unpaired) electrons. The van der Waals surface area contributed by atoms with Gasteiger partial charge in [0, 0.05) is 12.1 Å². The number of sulfonamides is 1. The van der Waals surface area contributed by atoms with Crippen molar-refractivity contribution >= 4 is 15.9 Å². The fourth-order valence-electron chi connectivity index (χ4n) is 3.62. The molecule has 2 aliphatic carbocycles. The molecule has 6 nitrogen and oxygen atoms in total. The monoisotopic (exact) mass is 340 g/mol. The van der Waals surface area contributed by atoms with Crippen LogP contribution in [-0.4, -0.2) is 27.4 Å². The third-order valence-electron chi connectivity index (χ3n) is 5.08. The summed E-state index contributed by atoms with van der Waals surface area (Å²) < 4.78 is 30.9. The number of amides is 1. The standard InChI is InChI=1S/C16H24N2O4S/c1-10-12(9-15(22-10)23(20,21)17-2)16(19)18-14-8-13(14)11-6-4-3-5-7-11/h9,11,13-14,17H,3-8H2,1-2H3,(H,18,19)/t13-,14-/m1/s1. The van der Waals surface area contributed by atoms with Crippen LogP contribution in [0.1, 0.15) is 54.6 Å². The maximum atomic E-state index is 12.4. The molecule has 2 N–H and O–H groups in total. The molecule has 0 aromatic carbocycles. The molecule has 7 heteroatoms. The number of hydrogen-bond acceptors (Lipinski definition) is 4. The molecule has 2 saturated carbocycles. The summed E-state index contributed by atoms with van der Waals surface area (Å²) in [6.07, 6.45) is 7.51. The Morgan fingerprint density at radius 3 is 2.61 bits per heavy atom. The van der Waals surface area contributed by atoms with Gasteiger partial charge in [0.1, 0.15) is 5.76 Å². The van der Waals surface area contributed by atoms with Gasteiger partial charge in [-0.3, -0.25) is 4.79 Å². The number of aryl methyl sites for hydroxylation is 1. The van der Waals surface area contributed by atoms with Crippen LogP contribution in [-0.2, 0) is 10.0 Å². The topological polar surface area (TPSA) is 88.4 Å². The molecule has 1 amide bonds. The van der Waals surface area contributed by atoms with Crippen LogP contribution in [0.3, 0.4) is 0 Å². The first-order valence-corrected chi connectivity index (χ1v) is 9.75. The van der Waals surface area contributed by atoms with Crippen LogP contribution in [0.4, 0.5) is 0 Å². The lowest BCUT2D eigenvalue weighted by Crippen LogP contribution is -2.28. The maximum Gasteiger partial charge on any atom is 0.273 e. The lowest BCUT2D eigenvalue weighted by Gasteiger charge is -2.21. The van der Waals surface area contributed by atoms with E-state index in [2.05, 4.69) is 10.0 Å². The SMILES string of the molecule is CNS(=O)(=O)c1cc(C(=O)N[C@@H]2C[C@@H]2C2CCCCC2)c(C)o1. The zero-order valence-electron chi connectivity index (χ0n) is 13.6. The van der Waals surface area contributed by atoms with Crippen LogP contribution >= 0.6 is 0 Å². The molecule has 0 saturated heterocycles. The first-order valence-electron chi connectivity index (χ1n) is 8.27. The number of furan rings is 1. The van der Waals surface area contributed by atoms with Crippen LogP contribution in [0.25, 0.3) is 0 Å². The second kappa shape index (κ2) is 6.28. The molecule has 1 heterocycles. The Labute approximate surface area is 137 Å². The second-order valence-corrected chi connectivity index (χ2v) is 8.44. The quantitative estimate of drug-likeness (QED) is 0.860. The Morgan fingerprint density at radius 1 is 1.26 bits per heavy atom. The first-order chi connectivity index (χ1) is 10.9. The van der Waals surface area contributed by atoms with Crippen molar-refractivity contribution in [1.29, 1.82) is 0 Å². The molecule has 2 fully saturated rings. The van der Waals surface area contributed by atoms with Gasteiger partial charge in [0.2, 0.25) is 5.09 Å². The number of carbonyl (C=O) groups is 1. The van der Waals surface area contributed by atoms with Crippen LogP contribution in [0.15, 0.2) is 15.6 Å². The minimum atomic E-state index is -3.67. The third kappa shape index (κ3) is 3.45. The van der Waals surface area contributed by atoms with Gasteiger partial charge < -0.3 is 9.73 Å². The Hall–Kier alpha value is -1.34. The molecule has 0 spiro atoms. The Morgan fingerprint density at radius 2 is 1.96 bits per heavy atom. The van der Waals surface area contributed by atoms with Gasteiger partial charge in [-0.05, 0) is 32.2 Å². The molecule has 2 atom stereocenters. The Kier molecular flexibility index (Phi) is 4.51. The molecule has 0 aliphatic heterocycles. The van der Waals surface area contributed by atoms with Gasteiger partial charge in [0.15, 0.2) is 0 Å². The fraction of sp³-hybridized carbons (Fsp3) is 0.688. The van der Waals surface area contributed by atoms with Gasteiger partial charge in [0.25, 0.3) is 15.9 Å². The van der Waals surface area contributed by atoms with Crippen molar-refractivity contribution in [2.75, 3.05) is 7.05 Å². The molecule has 1 aromatic rings. The van der Waals surface area contributed by atoms with Crippen LogP contribution in [0.5, 0.6) is 0 Å². The van der Waals surface area contributed by atoms with E-state index in [0.29, 0.717) is 17.2 Å². The highest BCUT2D eigenvalue weighted by Crippen LogP contribution is 2.44. The summed E-state index contributed by atoms with van der Waals surface area (Å²) in [5.41, 5.74) is 0.299. The van der Waals surface area contributed by atoms with Gasteiger partial charge in [-0.25, -0.2) is 13.1 Å². The molecule has 1 aromatic heterocycles. The van der Waals surface area contributed by atoms with E-state index in [0.717, 1.165) is 12.3 Å². The predicted octanol–water partition coefficient (Wildman–Crippen LogP) is 2.19. The number of rotatable bonds is 5. The predicted molar refractivity (Wildman–Crippen MR) is 85.6 cm³/mol. The largest absolute Gasteiger partial charge is 0.448 e. The number of hydrogen-bond donors (Lipinski definition) is 2. The smallest absolute Gasteiger partial charge is 0.273 e. The summed E-state index contributed by atoms with van der Waals surface area (Å²) in [7, 11) is -2.36. The fourth-order valence-corrected chi connectivity index (χ4v) is 4.33. The lowest BCUT2D eigenvalue weighted by molar-refractivity contribution is 0.0945. The molecule has 0 bridgehead atoms. The van der Waals surface area contributed by atoms with Crippen LogP contribution < -0.4 is 10.0 Å². The van der Waals surface area contributed by atoms with Gasteiger partial charge in [0.05, 0.1) is 5.56 Å². The Balaban J connectivity index is 1.63. The highest BCUT2D eigenvalue weighted by Gasteiger charge is 2.44. The maximum absolute atomic E-state index is 12.4. The zero-order chi connectivity index (χ0) is 16.6. The van der Waals surface area contributed by atoms with E-state index in [1.807, 2.05) is 0 Å². The Bertz CT molecular complexity index is 689. The summed E-state index contributed by atoms with van der Waals surface area (Å²) in [4.78, 5) is 12.4. The van der Waals surface area contributed by atoms with Crippen molar-refractivity contribution in [3.05, 3.63) is 17.4 Å². The van der Waals surface area contributed by atoms with E-state index in [4.69, 9.17) is 4.42 Å². The number of carbonyl (C=O) groups excluding carboxylic acids is 1. The average Bonchev–Trinajstić information content (AvgIpc) is 3.19. The molecule has 23 heavy (non-hydrogen) atoms. The van der Waals surface area contributed by atoms with E-state index in [1.54, 1.807) is 6.92 Å². The van der Waals surface area contributed by atoms with E-state index < -0.39 is 10.0 Å². The summed E-state index contributed by atoms with van der Waals surface area (Å²) in [5, 5.41) is 2.81. The van der Waals surface area contributed by atoms with Crippen molar-refractivity contribution in [3.63, 3.8) is 0 Å². The molecule has 2 aliphatic rings. The molecule has 128 valence electrons. The lowest BCUT2D eigenvalue weighted by atomic mass is 9.85. The van der Waals surface area contributed by atoms with Crippen LogP contribution in [0, 0.1) is 18.8 Å². The summed E-state index contributed by atoms with van der Waals surface area (Å²) in [6.45, 7) is 1.61. The summed E-state index contributed by atoms with van der Waals surface area (Å²) in [6, 6.07) is 1.53. The zero-order valence-corrected chi connectivity index (χ0v) is 14.4. The van der Waals surface area contributed by atoms with Crippen LogP contribution in [0.2, 0.25) is 0 Å². The van der Waals surface area contributed by atoms with Crippen molar-refractivity contribution in [2.24, 2.45) is 11.8 Å². The normalized spacial score (nSPS) is 25.3.